The van der Waals surface area contributed by atoms with Gasteiger partial charge in [-0.2, -0.15) is 0 Å². The van der Waals surface area contributed by atoms with E-state index in [2.05, 4.69) is 39.6 Å². The van der Waals surface area contributed by atoms with Gasteiger partial charge >= 0.3 is 0 Å². The largest absolute Gasteiger partial charge is 0.341 e. The first-order valence-corrected chi connectivity index (χ1v) is 9.33. The van der Waals surface area contributed by atoms with Crippen molar-refractivity contribution >= 4 is 5.91 Å². The first kappa shape index (κ1) is 17.4. The molecule has 5 heteroatoms. The van der Waals surface area contributed by atoms with Crippen molar-refractivity contribution < 1.29 is 4.79 Å². The summed E-state index contributed by atoms with van der Waals surface area (Å²) in [5.41, 5.74) is 1.27. The van der Waals surface area contributed by atoms with Crippen LogP contribution in [-0.2, 0) is 4.79 Å². The Morgan fingerprint density at radius 3 is 2.29 bits per heavy atom. The van der Waals surface area contributed by atoms with Gasteiger partial charge in [-0.1, -0.05) is 6.07 Å². The monoisotopic (exact) mass is 330 g/mol. The van der Waals surface area contributed by atoms with Gasteiger partial charge in [0.25, 0.3) is 0 Å². The topological polar surface area (TPSA) is 39.7 Å². The Balaban J connectivity index is 1.51. The van der Waals surface area contributed by atoms with Gasteiger partial charge in [0, 0.05) is 57.7 Å². The molecule has 2 saturated heterocycles. The molecule has 0 spiro atoms. The number of amides is 1. The fraction of sp³-hybridized carbons (Fsp3) is 0.684. The molecule has 2 fully saturated rings. The summed E-state index contributed by atoms with van der Waals surface area (Å²) < 4.78 is 0. The fourth-order valence-corrected chi connectivity index (χ4v) is 3.88. The molecule has 2 atom stereocenters. The molecule has 1 aromatic rings. The molecule has 1 aromatic heterocycles. The summed E-state index contributed by atoms with van der Waals surface area (Å²) in [5.74, 6) is 0.323. The van der Waals surface area contributed by atoms with Crippen LogP contribution in [-0.4, -0.2) is 70.9 Å². The summed E-state index contributed by atoms with van der Waals surface area (Å²) >= 11 is 0. The van der Waals surface area contributed by atoms with Crippen LogP contribution in [0.2, 0.25) is 0 Å². The molecular weight excluding hydrogens is 300 g/mol. The Morgan fingerprint density at radius 2 is 1.67 bits per heavy atom. The van der Waals surface area contributed by atoms with Gasteiger partial charge in [-0.15, -0.1) is 0 Å². The molecule has 24 heavy (non-hydrogen) atoms. The van der Waals surface area contributed by atoms with Crippen LogP contribution < -0.4 is 0 Å². The lowest BCUT2D eigenvalue weighted by molar-refractivity contribution is -0.138. The molecule has 1 amide bonds. The highest BCUT2D eigenvalue weighted by Gasteiger charge is 2.30. The predicted molar refractivity (Wildman–Crippen MR) is 95.7 cm³/mol. The van der Waals surface area contributed by atoms with E-state index >= 15 is 0 Å². The summed E-state index contributed by atoms with van der Waals surface area (Å²) in [6.45, 7) is 10.2. The van der Waals surface area contributed by atoms with E-state index in [9.17, 15) is 4.79 Å². The molecule has 0 radical (unpaired) electrons. The number of piperidine rings is 1. The van der Waals surface area contributed by atoms with E-state index in [0.717, 1.165) is 52.1 Å². The van der Waals surface area contributed by atoms with Gasteiger partial charge in [0.2, 0.25) is 5.91 Å². The second-order valence-corrected chi connectivity index (χ2v) is 7.10. The van der Waals surface area contributed by atoms with Gasteiger partial charge in [0.1, 0.15) is 0 Å². The average molecular weight is 330 g/mol. The maximum atomic E-state index is 12.7. The van der Waals surface area contributed by atoms with Crippen LogP contribution >= 0.6 is 0 Å². The molecule has 132 valence electrons. The molecule has 3 heterocycles. The summed E-state index contributed by atoms with van der Waals surface area (Å²) in [6.07, 6.45) is 7.37. The Kier molecular flexibility index (Phi) is 5.85. The van der Waals surface area contributed by atoms with Crippen LogP contribution in [0.1, 0.15) is 44.7 Å². The normalized spacial score (nSPS) is 23.0. The number of piperazine rings is 1. The lowest BCUT2D eigenvalue weighted by atomic mass is 10.1. The van der Waals surface area contributed by atoms with Gasteiger partial charge in [-0.3, -0.25) is 19.6 Å². The maximum Gasteiger partial charge on any atom is 0.239 e. The van der Waals surface area contributed by atoms with Gasteiger partial charge in [0.05, 0.1) is 6.04 Å². The summed E-state index contributed by atoms with van der Waals surface area (Å²) in [6, 6.07) is 4.54. The van der Waals surface area contributed by atoms with E-state index in [4.69, 9.17) is 0 Å². The first-order chi connectivity index (χ1) is 11.7. The minimum Gasteiger partial charge on any atom is -0.341 e. The zero-order valence-electron chi connectivity index (χ0n) is 15.0. The van der Waals surface area contributed by atoms with E-state index in [1.54, 1.807) is 0 Å². The van der Waals surface area contributed by atoms with Crippen molar-refractivity contribution in [3.63, 3.8) is 0 Å². The molecule has 3 rings (SSSR count). The maximum absolute atomic E-state index is 12.7. The van der Waals surface area contributed by atoms with Crippen LogP contribution in [0, 0.1) is 0 Å². The molecule has 2 aliphatic heterocycles. The summed E-state index contributed by atoms with van der Waals surface area (Å²) in [7, 11) is 0. The quantitative estimate of drug-likeness (QED) is 0.848. The molecule has 0 unspecified atom stereocenters. The number of carbonyl (C=O) groups excluding carboxylic acids is 1. The van der Waals surface area contributed by atoms with E-state index in [-0.39, 0.29) is 6.04 Å². The molecule has 5 nitrogen and oxygen atoms in total. The van der Waals surface area contributed by atoms with Crippen LogP contribution in [0.5, 0.6) is 0 Å². The number of aromatic nitrogens is 1. The van der Waals surface area contributed by atoms with Gasteiger partial charge in [-0.25, -0.2) is 0 Å². The minimum atomic E-state index is 0.0129. The molecule has 0 saturated carbocycles. The lowest BCUT2D eigenvalue weighted by Crippen LogP contribution is -2.55. The highest BCUT2D eigenvalue weighted by Crippen LogP contribution is 2.22. The SMILES string of the molecule is C[C@H](C(=O)N1CCCCC1)N1CCN([C@H](C)c2cccnc2)CC1. The molecular formula is C19H30N4O. The van der Waals surface area contributed by atoms with Crippen molar-refractivity contribution in [1.29, 1.82) is 0 Å². The standard InChI is InChI=1S/C19H30N4O/c1-16(18-7-6-8-20-15-18)21-11-13-22(14-12-21)17(2)19(24)23-9-4-3-5-10-23/h6-8,15-17H,3-5,9-14H2,1-2H3/t16-,17-/m1/s1. The predicted octanol–water partition coefficient (Wildman–Crippen LogP) is 2.16. The van der Waals surface area contributed by atoms with Crippen molar-refractivity contribution in [2.75, 3.05) is 39.3 Å². The van der Waals surface area contributed by atoms with Gasteiger partial charge < -0.3 is 4.90 Å². The van der Waals surface area contributed by atoms with Crippen molar-refractivity contribution in [3.05, 3.63) is 30.1 Å². The number of hydrogen-bond donors (Lipinski definition) is 0. The van der Waals surface area contributed by atoms with Gasteiger partial charge in [-0.05, 0) is 44.7 Å². The Morgan fingerprint density at radius 1 is 1.00 bits per heavy atom. The van der Waals surface area contributed by atoms with E-state index < -0.39 is 0 Å². The molecule has 0 N–H and O–H groups in total. The van der Waals surface area contributed by atoms with Crippen molar-refractivity contribution in [2.24, 2.45) is 0 Å². The fourth-order valence-electron chi connectivity index (χ4n) is 3.88. The number of carbonyl (C=O) groups is 1. The first-order valence-electron chi connectivity index (χ1n) is 9.33. The third-order valence-electron chi connectivity index (χ3n) is 5.64. The Hall–Kier alpha value is -1.46. The summed E-state index contributed by atoms with van der Waals surface area (Å²) in [4.78, 5) is 23.8. The van der Waals surface area contributed by atoms with Crippen molar-refractivity contribution in [1.82, 2.24) is 19.7 Å². The van der Waals surface area contributed by atoms with Crippen molar-refractivity contribution in [2.45, 2.75) is 45.2 Å². The van der Waals surface area contributed by atoms with E-state index in [0.29, 0.717) is 11.9 Å². The number of likely N-dealkylation sites (tertiary alicyclic amines) is 1. The third-order valence-corrected chi connectivity index (χ3v) is 5.64. The van der Waals surface area contributed by atoms with Crippen LogP contribution in [0.3, 0.4) is 0 Å². The van der Waals surface area contributed by atoms with E-state index in [1.807, 2.05) is 18.5 Å². The summed E-state index contributed by atoms with van der Waals surface area (Å²) in [5, 5.41) is 0. The van der Waals surface area contributed by atoms with Crippen LogP contribution in [0.15, 0.2) is 24.5 Å². The molecule has 0 aromatic carbocycles. The highest BCUT2D eigenvalue weighted by molar-refractivity contribution is 5.81. The number of hydrogen-bond acceptors (Lipinski definition) is 4. The Labute approximate surface area is 145 Å². The molecule has 0 bridgehead atoms. The van der Waals surface area contributed by atoms with Gasteiger partial charge in [0.15, 0.2) is 0 Å². The Bertz CT molecular complexity index is 521. The molecule has 0 aliphatic carbocycles. The van der Waals surface area contributed by atoms with Crippen LogP contribution in [0.4, 0.5) is 0 Å². The zero-order chi connectivity index (χ0) is 16.9. The highest BCUT2D eigenvalue weighted by atomic mass is 16.2. The van der Waals surface area contributed by atoms with Crippen molar-refractivity contribution in [3.8, 4) is 0 Å². The second kappa shape index (κ2) is 8.08. The number of nitrogens with zero attached hydrogens (tertiary/aromatic N) is 4. The third kappa shape index (κ3) is 3.95. The van der Waals surface area contributed by atoms with E-state index in [1.165, 1.54) is 12.0 Å². The lowest BCUT2D eigenvalue weighted by Gasteiger charge is -2.41. The minimum absolute atomic E-state index is 0.0129. The number of rotatable bonds is 4. The smallest absolute Gasteiger partial charge is 0.239 e. The van der Waals surface area contributed by atoms with Crippen LogP contribution in [0.25, 0.3) is 0 Å². The second-order valence-electron chi connectivity index (χ2n) is 7.10. The zero-order valence-corrected chi connectivity index (χ0v) is 15.0. The number of pyridine rings is 1. The average Bonchev–Trinajstić information content (AvgIpc) is 2.68. The molecule has 2 aliphatic rings.